The minimum atomic E-state index is -3.44. The lowest BCUT2D eigenvalue weighted by molar-refractivity contribution is 0.0956. The molecular formula is C27H30ClN3O3S2. The van der Waals surface area contributed by atoms with E-state index in [2.05, 4.69) is 10.2 Å². The minimum Gasteiger partial charge on any atom is -0.351 e. The van der Waals surface area contributed by atoms with E-state index in [9.17, 15) is 13.2 Å². The van der Waals surface area contributed by atoms with Gasteiger partial charge in [-0.1, -0.05) is 54.1 Å². The fourth-order valence-electron chi connectivity index (χ4n) is 4.00. The van der Waals surface area contributed by atoms with Gasteiger partial charge in [0.05, 0.1) is 4.90 Å². The van der Waals surface area contributed by atoms with Crippen LogP contribution in [-0.2, 0) is 22.3 Å². The summed E-state index contributed by atoms with van der Waals surface area (Å²) in [4.78, 5) is 15.0. The third-order valence-electron chi connectivity index (χ3n) is 6.05. The van der Waals surface area contributed by atoms with E-state index in [0.29, 0.717) is 43.2 Å². The molecular weight excluding hydrogens is 514 g/mol. The molecule has 6 nitrogen and oxygen atoms in total. The van der Waals surface area contributed by atoms with Gasteiger partial charge in [-0.3, -0.25) is 9.69 Å². The Hall–Kier alpha value is -2.36. The van der Waals surface area contributed by atoms with Gasteiger partial charge in [0.1, 0.15) is 0 Å². The Labute approximate surface area is 222 Å². The smallest absolute Gasteiger partial charge is 0.251 e. The van der Waals surface area contributed by atoms with Crippen LogP contribution in [0.3, 0.4) is 0 Å². The number of hydrogen-bond donors (Lipinski definition) is 1. The highest BCUT2D eigenvalue weighted by molar-refractivity contribution is 7.98. The fourth-order valence-corrected chi connectivity index (χ4v) is 6.39. The lowest BCUT2D eigenvalue weighted by atomic mass is 10.1. The summed E-state index contributed by atoms with van der Waals surface area (Å²) >= 11 is 7.68. The molecule has 0 bridgehead atoms. The van der Waals surface area contributed by atoms with Gasteiger partial charge < -0.3 is 5.32 Å². The van der Waals surface area contributed by atoms with Gasteiger partial charge in [-0.15, -0.1) is 0 Å². The number of sulfonamides is 1. The largest absolute Gasteiger partial charge is 0.351 e. The zero-order valence-electron chi connectivity index (χ0n) is 20.0. The maximum atomic E-state index is 12.8. The number of amides is 1. The van der Waals surface area contributed by atoms with Gasteiger partial charge in [-0.2, -0.15) is 16.1 Å². The topological polar surface area (TPSA) is 69.7 Å². The van der Waals surface area contributed by atoms with Crippen molar-refractivity contribution >= 4 is 39.3 Å². The Balaban J connectivity index is 1.18. The summed E-state index contributed by atoms with van der Waals surface area (Å²) in [6.45, 7) is 3.60. The maximum absolute atomic E-state index is 12.8. The summed E-state index contributed by atoms with van der Waals surface area (Å²) in [6, 6.07) is 24.0. The van der Waals surface area contributed by atoms with Crippen molar-refractivity contribution < 1.29 is 13.2 Å². The van der Waals surface area contributed by atoms with Gasteiger partial charge in [-0.25, -0.2) is 8.42 Å². The van der Waals surface area contributed by atoms with Crippen molar-refractivity contribution in [1.82, 2.24) is 14.5 Å². The lowest BCUT2D eigenvalue weighted by Crippen LogP contribution is -2.48. The summed E-state index contributed by atoms with van der Waals surface area (Å²) in [7, 11) is -3.44. The van der Waals surface area contributed by atoms with Crippen molar-refractivity contribution in [3.63, 3.8) is 0 Å². The van der Waals surface area contributed by atoms with Gasteiger partial charge in [0.2, 0.25) is 10.0 Å². The van der Waals surface area contributed by atoms with Gasteiger partial charge in [0, 0.05) is 61.4 Å². The van der Waals surface area contributed by atoms with E-state index in [4.69, 9.17) is 11.6 Å². The molecule has 1 amide bonds. The van der Waals surface area contributed by atoms with Crippen LogP contribution >= 0.6 is 23.4 Å². The number of halogens is 1. The number of carbonyl (C=O) groups is 1. The molecule has 1 saturated heterocycles. The van der Waals surface area contributed by atoms with Crippen molar-refractivity contribution in [2.24, 2.45) is 0 Å². The average Bonchev–Trinajstić information content (AvgIpc) is 2.91. The molecule has 4 rings (SSSR count). The van der Waals surface area contributed by atoms with E-state index in [1.165, 1.54) is 5.56 Å². The Morgan fingerprint density at radius 1 is 0.861 bits per heavy atom. The quantitative estimate of drug-likeness (QED) is 0.381. The summed E-state index contributed by atoms with van der Waals surface area (Å²) in [6.07, 6.45) is 0. The fraction of sp³-hybridized carbons (Fsp3) is 0.296. The number of piperazine rings is 1. The number of rotatable bonds is 10. The molecule has 3 aromatic rings. The van der Waals surface area contributed by atoms with Crippen LogP contribution < -0.4 is 5.32 Å². The molecule has 1 aliphatic rings. The molecule has 0 aromatic heterocycles. The van der Waals surface area contributed by atoms with E-state index in [1.807, 2.05) is 54.6 Å². The Kier molecular flexibility index (Phi) is 9.45. The monoisotopic (exact) mass is 543 g/mol. The molecule has 1 fully saturated rings. The van der Waals surface area contributed by atoms with E-state index >= 15 is 0 Å². The van der Waals surface area contributed by atoms with Crippen LogP contribution in [0.4, 0.5) is 0 Å². The van der Waals surface area contributed by atoms with Crippen molar-refractivity contribution in [1.29, 1.82) is 0 Å². The molecule has 1 heterocycles. The summed E-state index contributed by atoms with van der Waals surface area (Å²) in [5, 5.41) is 3.71. The summed E-state index contributed by atoms with van der Waals surface area (Å²) in [5.41, 5.74) is 2.95. The number of thioether (sulfide) groups is 1. The second-order valence-corrected chi connectivity index (χ2v) is 12.1. The van der Waals surface area contributed by atoms with E-state index < -0.39 is 10.0 Å². The Morgan fingerprint density at radius 2 is 1.50 bits per heavy atom. The number of benzene rings is 3. The van der Waals surface area contributed by atoms with Gasteiger partial charge in [0.25, 0.3) is 5.91 Å². The standard InChI is InChI=1S/C27H30ClN3O3S2/c28-25-12-8-23(9-13-25)21-35-19-14-29-27(32)24-10-6-22(7-11-24)20-30-15-17-31(18-16-30)36(33,34)26-4-2-1-3-5-26/h1-13H,14-21H2,(H,29,32). The van der Waals surface area contributed by atoms with Crippen LogP contribution in [0.25, 0.3) is 0 Å². The molecule has 1 N–H and O–H groups in total. The molecule has 0 unspecified atom stereocenters. The minimum absolute atomic E-state index is 0.0756. The lowest BCUT2D eigenvalue weighted by Gasteiger charge is -2.34. The highest BCUT2D eigenvalue weighted by Gasteiger charge is 2.28. The molecule has 36 heavy (non-hydrogen) atoms. The predicted molar refractivity (Wildman–Crippen MR) is 147 cm³/mol. The first-order chi connectivity index (χ1) is 17.4. The number of carbonyl (C=O) groups excluding carboxylic acids is 1. The van der Waals surface area contributed by atoms with Gasteiger partial charge >= 0.3 is 0 Å². The van der Waals surface area contributed by atoms with Crippen LogP contribution in [-0.4, -0.2) is 62.0 Å². The SMILES string of the molecule is O=C(NCCSCc1ccc(Cl)cc1)c1ccc(CN2CCN(S(=O)(=O)c3ccccc3)CC2)cc1. The first-order valence-corrected chi connectivity index (χ1v) is 14.9. The molecule has 0 aliphatic carbocycles. The second-order valence-electron chi connectivity index (χ2n) is 8.63. The first-order valence-electron chi connectivity index (χ1n) is 11.9. The Bertz CT molecular complexity index is 1230. The van der Waals surface area contributed by atoms with E-state index in [1.54, 1.807) is 40.3 Å². The summed E-state index contributed by atoms with van der Waals surface area (Å²) in [5.74, 6) is 1.64. The van der Waals surface area contributed by atoms with Crippen molar-refractivity contribution in [2.45, 2.75) is 17.2 Å². The molecule has 0 spiro atoms. The second kappa shape index (κ2) is 12.7. The number of nitrogens with one attached hydrogen (secondary N) is 1. The van der Waals surface area contributed by atoms with Crippen LogP contribution in [0.15, 0.2) is 83.8 Å². The molecule has 9 heteroatoms. The van der Waals surface area contributed by atoms with E-state index in [0.717, 1.165) is 28.6 Å². The van der Waals surface area contributed by atoms with Crippen molar-refractivity contribution in [2.75, 3.05) is 38.5 Å². The highest BCUT2D eigenvalue weighted by atomic mass is 35.5. The summed E-state index contributed by atoms with van der Waals surface area (Å²) < 4.78 is 27.2. The normalized spacial score (nSPS) is 15.0. The van der Waals surface area contributed by atoms with E-state index in [-0.39, 0.29) is 5.91 Å². The maximum Gasteiger partial charge on any atom is 0.251 e. The zero-order valence-corrected chi connectivity index (χ0v) is 22.4. The van der Waals surface area contributed by atoms with Gasteiger partial charge in [0.15, 0.2) is 0 Å². The average molecular weight is 544 g/mol. The third-order valence-corrected chi connectivity index (χ3v) is 9.24. The molecule has 0 saturated carbocycles. The molecule has 190 valence electrons. The zero-order chi connectivity index (χ0) is 25.4. The van der Waals surface area contributed by atoms with Crippen LogP contribution in [0, 0.1) is 0 Å². The van der Waals surface area contributed by atoms with Crippen LogP contribution in [0.2, 0.25) is 5.02 Å². The van der Waals surface area contributed by atoms with Crippen molar-refractivity contribution in [3.05, 3.63) is 101 Å². The number of hydrogen-bond acceptors (Lipinski definition) is 5. The van der Waals surface area contributed by atoms with Crippen LogP contribution in [0.1, 0.15) is 21.5 Å². The third kappa shape index (κ3) is 7.33. The molecule has 0 atom stereocenters. The molecule has 1 aliphatic heterocycles. The first kappa shape index (κ1) is 26.7. The molecule has 3 aromatic carbocycles. The number of nitrogens with zero attached hydrogens (tertiary/aromatic N) is 2. The predicted octanol–water partition coefficient (Wildman–Crippen LogP) is 4.51. The van der Waals surface area contributed by atoms with Crippen molar-refractivity contribution in [3.8, 4) is 0 Å². The molecule has 0 radical (unpaired) electrons. The van der Waals surface area contributed by atoms with Gasteiger partial charge in [-0.05, 0) is 47.5 Å². The highest BCUT2D eigenvalue weighted by Crippen LogP contribution is 2.19. The Morgan fingerprint density at radius 3 is 2.17 bits per heavy atom. The van der Waals surface area contributed by atoms with Crippen LogP contribution in [0.5, 0.6) is 0 Å².